The zero-order chi connectivity index (χ0) is 24.5. The Bertz CT molecular complexity index is 1320. The van der Waals surface area contributed by atoms with Gasteiger partial charge in [-0.05, 0) is 38.7 Å². The van der Waals surface area contributed by atoms with Gasteiger partial charge in [-0.2, -0.15) is 0 Å². The summed E-state index contributed by atoms with van der Waals surface area (Å²) >= 11 is 0. The molecule has 0 fully saturated rings. The Morgan fingerprint density at radius 3 is 2.65 bits per heavy atom. The maximum atomic E-state index is 12.8. The molecule has 10 heteroatoms. The van der Waals surface area contributed by atoms with E-state index in [1.54, 1.807) is 29.2 Å². The summed E-state index contributed by atoms with van der Waals surface area (Å²) < 4.78 is 6.95. The van der Waals surface area contributed by atoms with E-state index in [4.69, 9.17) is 4.52 Å². The zero-order valence-corrected chi connectivity index (χ0v) is 20.2. The van der Waals surface area contributed by atoms with Crippen LogP contribution in [0, 0.1) is 6.92 Å². The third-order valence-electron chi connectivity index (χ3n) is 5.14. The fraction of sp³-hybridized carbons (Fsp3) is 0.333. The number of carbonyl (C=O) groups is 1. The fourth-order valence-corrected chi connectivity index (χ4v) is 3.35. The van der Waals surface area contributed by atoms with E-state index in [1.807, 2.05) is 54.1 Å². The fourth-order valence-electron chi connectivity index (χ4n) is 3.35. The number of hydrogen-bond donors (Lipinski definition) is 1. The van der Waals surface area contributed by atoms with E-state index >= 15 is 0 Å². The maximum absolute atomic E-state index is 12.8. The van der Waals surface area contributed by atoms with Crippen molar-refractivity contribution in [3.8, 4) is 16.9 Å². The summed E-state index contributed by atoms with van der Waals surface area (Å²) in [6, 6.07) is 5.49. The van der Waals surface area contributed by atoms with Gasteiger partial charge in [0.2, 0.25) is 0 Å². The predicted molar refractivity (Wildman–Crippen MR) is 128 cm³/mol. The minimum absolute atomic E-state index is 0.207. The van der Waals surface area contributed by atoms with Crippen LogP contribution in [-0.2, 0) is 12.0 Å². The van der Waals surface area contributed by atoms with E-state index in [0.717, 1.165) is 17.7 Å². The number of nitrogens with zero attached hydrogens (tertiary/aromatic N) is 7. The molecule has 0 bridgehead atoms. The first-order valence-electron chi connectivity index (χ1n) is 10.9. The highest BCUT2D eigenvalue weighted by Crippen LogP contribution is 2.25. The smallest absolute Gasteiger partial charge is 0.258 e. The molecular formula is C24H28N8O2. The molecule has 176 valence electrons. The number of pyridine rings is 2. The van der Waals surface area contributed by atoms with Crippen molar-refractivity contribution in [2.45, 2.75) is 39.7 Å². The molecule has 1 amide bonds. The quantitative estimate of drug-likeness (QED) is 0.464. The normalized spacial score (nSPS) is 11.7. The molecule has 0 spiro atoms. The first-order chi connectivity index (χ1) is 16.1. The van der Waals surface area contributed by atoms with E-state index in [1.165, 1.54) is 6.20 Å². The lowest BCUT2D eigenvalue weighted by molar-refractivity contribution is 0.102. The Balaban J connectivity index is 1.57. The van der Waals surface area contributed by atoms with Crippen LogP contribution in [0.15, 0.2) is 47.5 Å². The van der Waals surface area contributed by atoms with Crippen molar-refractivity contribution in [2.75, 3.05) is 19.4 Å². The van der Waals surface area contributed by atoms with Gasteiger partial charge in [-0.1, -0.05) is 31.1 Å². The van der Waals surface area contributed by atoms with Crippen molar-refractivity contribution >= 4 is 11.7 Å². The second kappa shape index (κ2) is 9.14. The van der Waals surface area contributed by atoms with Gasteiger partial charge in [0.1, 0.15) is 11.5 Å². The molecule has 0 saturated heterocycles. The summed E-state index contributed by atoms with van der Waals surface area (Å²) in [5.41, 5.74) is 4.15. The number of aryl methyl sites for hydroxylation is 1. The van der Waals surface area contributed by atoms with Crippen molar-refractivity contribution in [1.29, 1.82) is 0 Å². The van der Waals surface area contributed by atoms with Gasteiger partial charge in [-0.25, -0.2) is 4.68 Å². The summed E-state index contributed by atoms with van der Waals surface area (Å²) in [7, 11) is 4.02. The molecule has 34 heavy (non-hydrogen) atoms. The first-order valence-corrected chi connectivity index (χ1v) is 10.9. The molecule has 4 aromatic rings. The molecule has 0 atom stereocenters. The SMILES string of the molecule is Cc1ncc(C(=O)Nc2cc(C(C)(C)C)on2)cc1-n1cc(-c2cncc(CN(C)C)c2)nn1. The van der Waals surface area contributed by atoms with Gasteiger partial charge in [0.25, 0.3) is 5.91 Å². The molecule has 0 saturated carbocycles. The van der Waals surface area contributed by atoms with Crippen LogP contribution in [0.3, 0.4) is 0 Å². The highest BCUT2D eigenvalue weighted by Gasteiger charge is 2.21. The van der Waals surface area contributed by atoms with E-state index < -0.39 is 0 Å². The second-order valence-corrected chi connectivity index (χ2v) is 9.48. The van der Waals surface area contributed by atoms with Crippen LogP contribution in [0.2, 0.25) is 0 Å². The maximum Gasteiger partial charge on any atom is 0.258 e. The molecule has 0 aromatic carbocycles. The van der Waals surface area contributed by atoms with E-state index in [0.29, 0.717) is 34.2 Å². The molecule has 0 aliphatic heterocycles. The van der Waals surface area contributed by atoms with E-state index in [9.17, 15) is 4.79 Å². The van der Waals surface area contributed by atoms with Gasteiger partial charge in [-0.3, -0.25) is 14.8 Å². The highest BCUT2D eigenvalue weighted by molar-refractivity contribution is 6.03. The minimum atomic E-state index is -0.344. The number of anilines is 1. The van der Waals surface area contributed by atoms with Gasteiger partial charge in [0.05, 0.1) is 23.1 Å². The van der Waals surface area contributed by atoms with Crippen LogP contribution >= 0.6 is 0 Å². The second-order valence-electron chi connectivity index (χ2n) is 9.48. The predicted octanol–water partition coefficient (Wildman–Crippen LogP) is 3.63. The highest BCUT2D eigenvalue weighted by atomic mass is 16.5. The Morgan fingerprint density at radius 2 is 1.94 bits per heavy atom. The third-order valence-corrected chi connectivity index (χ3v) is 5.14. The van der Waals surface area contributed by atoms with Crippen LogP contribution in [0.5, 0.6) is 0 Å². The molecule has 0 aliphatic carbocycles. The lowest BCUT2D eigenvalue weighted by atomic mass is 9.93. The van der Waals surface area contributed by atoms with Crippen LogP contribution in [0.1, 0.15) is 48.1 Å². The Morgan fingerprint density at radius 1 is 1.15 bits per heavy atom. The Hall–Kier alpha value is -3.92. The molecule has 0 radical (unpaired) electrons. The van der Waals surface area contributed by atoms with Gasteiger partial charge in [0, 0.05) is 42.2 Å². The Kier molecular flexibility index (Phi) is 6.25. The van der Waals surface area contributed by atoms with Crippen LogP contribution in [-0.4, -0.2) is 55.0 Å². The summed E-state index contributed by atoms with van der Waals surface area (Å²) in [6.45, 7) is 8.66. The number of aromatic nitrogens is 6. The monoisotopic (exact) mass is 460 g/mol. The molecule has 0 aliphatic rings. The van der Waals surface area contributed by atoms with Crippen molar-refractivity contribution in [3.63, 3.8) is 0 Å². The Labute approximate surface area is 198 Å². The number of amides is 1. The summed E-state index contributed by atoms with van der Waals surface area (Å²) in [5.74, 6) is 0.693. The van der Waals surface area contributed by atoms with Gasteiger partial charge in [0.15, 0.2) is 5.82 Å². The average Bonchev–Trinajstić information content (AvgIpc) is 3.43. The third kappa shape index (κ3) is 5.18. The van der Waals surface area contributed by atoms with Gasteiger partial charge in [-0.15, -0.1) is 5.10 Å². The minimum Gasteiger partial charge on any atom is -0.359 e. The lowest BCUT2D eigenvalue weighted by Gasteiger charge is -2.12. The molecular weight excluding hydrogens is 432 g/mol. The van der Waals surface area contributed by atoms with Crippen molar-refractivity contribution in [2.24, 2.45) is 0 Å². The summed E-state index contributed by atoms with van der Waals surface area (Å²) in [4.78, 5) is 23.6. The number of carbonyl (C=O) groups excluding carboxylic acids is 1. The van der Waals surface area contributed by atoms with Crippen LogP contribution in [0.25, 0.3) is 16.9 Å². The van der Waals surface area contributed by atoms with Crippen molar-refractivity contribution < 1.29 is 9.32 Å². The lowest BCUT2D eigenvalue weighted by Crippen LogP contribution is -2.14. The number of nitrogens with one attached hydrogen (secondary N) is 1. The standard InChI is InChI=1S/C24H28N8O2/c1-15-20(32-14-19(28-30-32)17-7-16(10-25-11-17)13-31(5)6)8-18(12-26-15)23(33)27-22-9-21(34-29-22)24(2,3)4/h7-12,14H,13H2,1-6H3,(H,27,29,33). The summed E-state index contributed by atoms with van der Waals surface area (Å²) in [6.07, 6.45) is 6.91. The number of hydrogen-bond acceptors (Lipinski definition) is 8. The average molecular weight is 461 g/mol. The molecule has 4 heterocycles. The van der Waals surface area contributed by atoms with Crippen molar-refractivity contribution in [1.82, 2.24) is 35.0 Å². The van der Waals surface area contributed by atoms with Crippen LogP contribution < -0.4 is 5.32 Å². The molecule has 1 N–H and O–H groups in total. The van der Waals surface area contributed by atoms with E-state index in [-0.39, 0.29) is 11.3 Å². The number of rotatable bonds is 6. The zero-order valence-electron chi connectivity index (χ0n) is 20.2. The van der Waals surface area contributed by atoms with Gasteiger partial charge >= 0.3 is 0 Å². The topological polar surface area (TPSA) is 115 Å². The molecule has 10 nitrogen and oxygen atoms in total. The summed E-state index contributed by atoms with van der Waals surface area (Å²) in [5, 5.41) is 15.3. The van der Waals surface area contributed by atoms with Gasteiger partial charge < -0.3 is 14.7 Å². The molecule has 0 unspecified atom stereocenters. The first kappa shape index (κ1) is 23.2. The van der Waals surface area contributed by atoms with Crippen LogP contribution in [0.4, 0.5) is 5.82 Å². The molecule has 4 rings (SSSR count). The van der Waals surface area contributed by atoms with Crippen molar-refractivity contribution in [3.05, 3.63) is 65.6 Å². The van der Waals surface area contributed by atoms with E-state index in [2.05, 4.69) is 35.7 Å². The largest absolute Gasteiger partial charge is 0.359 e. The molecule has 4 aromatic heterocycles.